The number of nitrogens with one attached hydrogen (secondary N) is 2. The second kappa shape index (κ2) is 6.39. The predicted molar refractivity (Wildman–Crippen MR) is 80.1 cm³/mol. The molecule has 2 saturated heterocycles. The number of amides is 1. The average Bonchev–Trinajstić information content (AvgIpc) is 3.27. The molecule has 2 aliphatic rings. The van der Waals surface area contributed by atoms with Crippen molar-refractivity contribution < 1.29 is 17.9 Å². The van der Waals surface area contributed by atoms with Crippen molar-refractivity contribution in [2.24, 2.45) is 0 Å². The predicted octanol–water partition coefficient (Wildman–Crippen LogP) is 0.708. The number of hydrogen-bond donors (Lipinski definition) is 2. The number of aromatic amines is 1. The molecule has 2 fully saturated rings. The molecular weight excluding hydrogens is 306 g/mol. The summed E-state index contributed by atoms with van der Waals surface area (Å²) in [6.07, 6.45) is 5.18. The highest BCUT2D eigenvalue weighted by Crippen LogP contribution is 2.21. The van der Waals surface area contributed by atoms with Gasteiger partial charge in [-0.25, -0.2) is 8.42 Å². The van der Waals surface area contributed by atoms with Gasteiger partial charge < -0.3 is 15.0 Å². The lowest BCUT2D eigenvalue weighted by Crippen LogP contribution is -2.32. The first-order valence-electron chi connectivity index (χ1n) is 7.66. The molecule has 0 saturated carbocycles. The Balaban J connectivity index is 1.63. The van der Waals surface area contributed by atoms with Crippen LogP contribution in [0.1, 0.15) is 36.2 Å². The molecular formula is C14H21N3O4S. The fraction of sp³-hybridized carbons (Fsp3) is 0.643. The van der Waals surface area contributed by atoms with Crippen LogP contribution in [0.5, 0.6) is 0 Å². The quantitative estimate of drug-likeness (QED) is 0.833. The van der Waals surface area contributed by atoms with Crippen LogP contribution in [0.4, 0.5) is 0 Å². The molecule has 1 amide bonds. The van der Waals surface area contributed by atoms with Crippen LogP contribution >= 0.6 is 0 Å². The maximum Gasteiger partial charge on any atom is 0.267 e. The first-order valence-corrected chi connectivity index (χ1v) is 9.10. The Kier molecular flexibility index (Phi) is 4.51. The van der Waals surface area contributed by atoms with Crippen molar-refractivity contribution in [3.63, 3.8) is 0 Å². The number of nitrogens with zero attached hydrogens (tertiary/aromatic N) is 1. The van der Waals surface area contributed by atoms with Gasteiger partial charge in [-0.15, -0.1) is 0 Å². The molecule has 2 N–H and O–H groups in total. The number of carbonyl (C=O) groups excluding carboxylic acids is 1. The Morgan fingerprint density at radius 3 is 2.82 bits per heavy atom. The van der Waals surface area contributed by atoms with Crippen LogP contribution in [0.25, 0.3) is 0 Å². The van der Waals surface area contributed by atoms with Crippen molar-refractivity contribution in [1.82, 2.24) is 14.6 Å². The zero-order valence-corrected chi connectivity index (χ0v) is 13.2. The third kappa shape index (κ3) is 3.18. The van der Waals surface area contributed by atoms with E-state index >= 15 is 0 Å². The Hall–Kier alpha value is -1.38. The first kappa shape index (κ1) is 15.5. The highest BCUT2D eigenvalue weighted by molar-refractivity contribution is 7.89. The maximum atomic E-state index is 12.4. The Morgan fingerprint density at radius 1 is 1.36 bits per heavy atom. The smallest absolute Gasteiger partial charge is 0.267 e. The minimum Gasteiger partial charge on any atom is -0.376 e. The summed E-state index contributed by atoms with van der Waals surface area (Å²) in [4.78, 5) is 15.0. The van der Waals surface area contributed by atoms with Gasteiger partial charge in [0.1, 0.15) is 10.6 Å². The molecule has 2 aliphatic heterocycles. The third-order valence-corrected chi connectivity index (χ3v) is 5.99. The number of hydrogen-bond acceptors (Lipinski definition) is 4. The van der Waals surface area contributed by atoms with Gasteiger partial charge in [-0.3, -0.25) is 4.79 Å². The lowest BCUT2D eigenvalue weighted by atomic mass is 10.2. The summed E-state index contributed by atoms with van der Waals surface area (Å²) in [6, 6.07) is 1.40. The molecule has 1 aromatic heterocycles. The second-order valence-corrected chi connectivity index (χ2v) is 7.64. The van der Waals surface area contributed by atoms with E-state index in [1.807, 2.05) is 0 Å². The van der Waals surface area contributed by atoms with Gasteiger partial charge in [-0.1, -0.05) is 0 Å². The van der Waals surface area contributed by atoms with E-state index in [0.717, 1.165) is 32.3 Å². The summed E-state index contributed by atoms with van der Waals surface area (Å²) in [6.45, 7) is 2.29. The molecule has 0 bridgehead atoms. The highest BCUT2D eigenvalue weighted by atomic mass is 32.2. The van der Waals surface area contributed by atoms with E-state index in [2.05, 4.69) is 10.3 Å². The van der Waals surface area contributed by atoms with Crippen LogP contribution in [-0.2, 0) is 14.8 Å². The van der Waals surface area contributed by atoms with Crippen molar-refractivity contribution in [3.05, 3.63) is 18.0 Å². The summed E-state index contributed by atoms with van der Waals surface area (Å²) >= 11 is 0. The van der Waals surface area contributed by atoms with E-state index < -0.39 is 10.0 Å². The molecule has 8 heteroatoms. The summed E-state index contributed by atoms with van der Waals surface area (Å²) in [5.41, 5.74) is 0.260. The lowest BCUT2D eigenvalue weighted by molar-refractivity contribution is 0.0854. The standard InChI is InChI=1S/C14H21N3O4S/c18-14(16-9-11-4-3-7-21-11)13-8-12(10-15-13)22(19,20)17-5-1-2-6-17/h8,10-11,15H,1-7,9H2,(H,16,18). The van der Waals surface area contributed by atoms with Crippen molar-refractivity contribution in [2.75, 3.05) is 26.2 Å². The van der Waals surface area contributed by atoms with Crippen LogP contribution in [-0.4, -0.2) is 56.0 Å². The molecule has 0 radical (unpaired) electrons. The molecule has 1 unspecified atom stereocenters. The van der Waals surface area contributed by atoms with Crippen LogP contribution in [0.3, 0.4) is 0 Å². The second-order valence-electron chi connectivity index (χ2n) is 5.71. The Bertz CT molecular complexity index is 628. The molecule has 0 aliphatic carbocycles. The molecule has 1 atom stereocenters. The molecule has 3 heterocycles. The monoisotopic (exact) mass is 327 g/mol. The zero-order chi connectivity index (χ0) is 15.6. The minimum atomic E-state index is -3.48. The molecule has 0 spiro atoms. The van der Waals surface area contributed by atoms with E-state index in [4.69, 9.17) is 4.74 Å². The van der Waals surface area contributed by atoms with Gasteiger partial charge in [0.25, 0.3) is 5.91 Å². The number of rotatable bonds is 5. The number of carbonyl (C=O) groups is 1. The summed E-state index contributed by atoms with van der Waals surface area (Å²) in [5, 5.41) is 2.77. The largest absolute Gasteiger partial charge is 0.376 e. The Morgan fingerprint density at radius 2 is 2.14 bits per heavy atom. The number of ether oxygens (including phenoxy) is 1. The van der Waals surface area contributed by atoms with Crippen molar-refractivity contribution in [2.45, 2.75) is 36.7 Å². The van der Waals surface area contributed by atoms with Crippen LogP contribution in [0.15, 0.2) is 17.2 Å². The lowest BCUT2D eigenvalue weighted by Gasteiger charge is -2.13. The molecule has 7 nitrogen and oxygen atoms in total. The van der Waals surface area contributed by atoms with Crippen molar-refractivity contribution in [1.29, 1.82) is 0 Å². The zero-order valence-electron chi connectivity index (χ0n) is 12.4. The van der Waals surface area contributed by atoms with Gasteiger partial charge in [0.05, 0.1) is 6.10 Å². The number of H-pyrrole nitrogens is 1. The normalized spacial score (nSPS) is 23.0. The van der Waals surface area contributed by atoms with Gasteiger partial charge in [-0.05, 0) is 31.7 Å². The third-order valence-electron chi connectivity index (χ3n) is 4.12. The molecule has 22 heavy (non-hydrogen) atoms. The van der Waals surface area contributed by atoms with Crippen LogP contribution in [0.2, 0.25) is 0 Å². The van der Waals surface area contributed by atoms with Gasteiger partial charge in [-0.2, -0.15) is 4.31 Å². The van der Waals surface area contributed by atoms with E-state index in [1.165, 1.54) is 16.6 Å². The number of sulfonamides is 1. The van der Waals surface area contributed by atoms with Gasteiger partial charge >= 0.3 is 0 Å². The van der Waals surface area contributed by atoms with Crippen molar-refractivity contribution in [3.8, 4) is 0 Å². The van der Waals surface area contributed by atoms with Gasteiger partial charge in [0.2, 0.25) is 10.0 Å². The van der Waals surface area contributed by atoms with E-state index in [9.17, 15) is 13.2 Å². The molecule has 1 aromatic rings. The molecule has 122 valence electrons. The summed E-state index contributed by atoms with van der Waals surface area (Å²) in [7, 11) is -3.48. The van der Waals surface area contributed by atoms with E-state index in [-0.39, 0.29) is 22.6 Å². The highest BCUT2D eigenvalue weighted by Gasteiger charge is 2.28. The molecule has 0 aromatic carbocycles. The fourth-order valence-corrected chi connectivity index (χ4v) is 4.35. The average molecular weight is 327 g/mol. The maximum absolute atomic E-state index is 12.4. The first-order chi connectivity index (χ1) is 10.6. The fourth-order valence-electron chi connectivity index (χ4n) is 2.84. The summed E-state index contributed by atoms with van der Waals surface area (Å²) in [5.74, 6) is -0.307. The van der Waals surface area contributed by atoms with E-state index in [1.54, 1.807) is 0 Å². The topological polar surface area (TPSA) is 91.5 Å². The molecule has 3 rings (SSSR count). The minimum absolute atomic E-state index is 0.0618. The number of aromatic nitrogens is 1. The van der Waals surface area contributed by atoms with Crippen LogP contribution < -0.4 is 5.32 Å². The summed E-state index contributed by atoms with van der Waals surface area (Å²) < 4.78 is 31.7. The SMILES string of the molecule is O=C(NCC1CCCO1)c1cc(S(=O)(=O)N2CCCC2)c[nH]1. The van der Waals surface area contributed by atoms with Gasteiger partial charge in [0.15, 0.2) is 0 Å². The van der Waals surface area contributed by atoms with E-state index in [0.29, 0.717) is 19.6 Å². The van der Waals surface area contributed by atoms with Gasteiger partial charge in [0, 0.05) is 32.4 Å². The van der Waals surface area contributed by atoms with Crippen molar-refractivity contribution >= 4 is 15.9 Å². The van der Waals surface area contributed by atoms with Crippen LogP contribution in [0, 0.1) is 0 Å². The Labute approximate surface area is 130 Å².